The monoisotopic (exact) mass is 418 g/mol. The number of carbonyl (C=O) groups is 1. The fourth-order valence-corrected chi connectivity index (χ4v) is 3.87. The summed E-state index contributed by atoms with van der Waals surface area (Å²) in [7, 11) is 0. The number of aliphatic carboxylic acids is 1. The summed E-state index contributed by atoms with van der Waals surface area (Å²) in [6.45, 7) is 4.72. The summed E-state index contributed by atoms with van der Waals surface area (Å²) < 4.78 is 13.4. The van der Waals surface area contributed by atoms with Crippen molar-refractivity contribution in [2.75, 3.05) is 13.2 Å². The Bertz CT molecular complexity index is 1100. The summed E-state index contributed by atoms with van der Waals surface area (Å²) >= 11 is 0. The molecule has 2 atom stereocenters. The number of carboxylic acids is 1. The smallest absolute Gasteiger partial charge is 0.304 e. The zero-order valence-corrected chi connectivity index (χ0v) is 17.6. The van der Waals surface area contributed by atoms with Crippen LogP contribution in [-0.2, 0) is 22.7 Å². The van der Waals surface area contributed by atoms with Gasteiger partial charge in [-0.25, -0.2) is 0 Å². The molecule has 0 saturated carbocycles. The van der Waals surface area contributed by atoms with Gasteiger partial charge in [0.2, 0.25) is 0 Å². The van der Waals surface area contributed by atoms with Gasteiger partial charge in [-0.1, -0.05) is 24.1 Å². The van der Waals surface area contributed by atoms with Crippen LogP contribution >= 0.6 is 0 Å². The number of fused-ring (bicyclic) bond motifs is 1. The van der Waals surface area contributed by atoms with Crippen molar-refractivity contribution in [2.45, 2.75) is 38.8 Å². The van der Waals surface area contributed by atoms with E-state index in [1.54, 1.807) is 6.92 Å². The zero-order chi connectivity index (χ0) is 21.6. The molecule has 0 amide bonds. The number of carboxylic acid groups (broad SMARTS) is 1. The Kier molecular flexibility index (Phi) is 6.54. The van der Waals surface area contributed by atoms with E-state index in [2.05, 4.69) is 29.2 Å². The SMILES string of the molecule is CC#CC(CC(=O)O)c1ccc(OCc2ccc3nn(C[C@@H]4CCOC4)cc3c2)cc1. The topological polar surface area (TPSA) is 73.6 Å². The Labute approximate surface area is 181 Å². The van der Waals surface area contributed by atoms with E-state index in [1.165, 1.54) is 0 Å². The summed E-state index contributed by atoms with van der Waals surface area (Å²) in [5.41, 5.74) is 2.93. The Morgan fingerprint density at radius 1 is 1.32 bits per heavy atom. The average molecular weight is 418 g/mol. The van der Waals surface area contributed by atoms with E-state index < -0.39 is 5.97 Å². The number of rotatable bonds is 8. The highest BCUT2D eigenvalue weighted by Crippen LogP contribution is 2.23. The minimum absolute atomic E-state index is 0.0114. The summed E-state index contributed by atoms with van der Waals surface area (Å²) in [6.07, 6.45) is 3.17. The van der Waals surface area contributed by atoms with Crippen LogP contribution in [0.25, 0.3) is 10.9 Å². The Morgan fingerprint density at radius 2 is 2.16 bits per heavy atom. The first-order chi connectivity index (χ1) is 15.1. The predicted molar refractivity (Wildman–Crippen MR) is 118 cm³/mol. The second-order valence-electron chi connectivity index (χ2n) is 7.88. The van der Waals surface area contributed by atoms with Crippen LogP contribution in [-0.4, -0.2) is 34.1 Å². The Balaban J connectivity index is 1.38. The largest absolute Gasteiger partial charge is 0.489 e. The molecule has 0 radical (unpaired) electrons. The third-order valence-corrected chi connectivity index (χ3v) is 5.47. The van der Waals surface area contributed by atoms with Gasteiger partial charge in [0, 0.05) is 30.7 Å². The van der Waals surface area contributed by atoms with Crippen LogP contribution in [0.3, 0.4) is 0 Å². The van der Waals surface area contributed by atoms with Crippen molar-refractivity contribution in [3.63, 3.8) is 0 Å². The Morgan fingerprint density at radius 3 is 2.87 bits per heavy atom. The van der Waals surface area contributed by atoms with Gasteiger partial charge in [0.25, 0.3) is 0 Å². The molecule has 2 heterocycles. The summed E-state index contributed by atoms with van der Waals surface area (Å²) in [6, 6.07) is 13.7. The maximum atomic E-state index is 11.1. The molecule has 3 aromatic rings. The van der Waals surface area contributed by atoms with Crippen LogP contribution in [0, 0.1) is 17.8 Å². The molecule has 2 aromatic carbocycles. The molecule has 1 saturated heterocycles. The van der Waals surface area contributed by atoms with Gasteiger partial charge in [-0.05, 0) is 48.7 Å². The average Bonchev–Trinajstić information content (AvgIpc) is 3.41. The van der Waals surface area contributed by atoms with E-state index >= 15 is 0 Å². The van der Waals surface area contributed by atoms with Crippen molar-refractivity contribution in [3.05, 3.63) is 59.8 Å². The van der Waals surface area contributed by atoms with Crippen molar-refractivity contribution >= 4 is 16.9 Å². The molecule has 1 N–H and O–H groups in total. The number of hydrogen-bond donors (Lipinski definition) is 1. The number of hydrogen-bond acceptors (Lipinski definition) is 4. The number of aromatic nitrogens is 2. The van der Waals surface area contributed by atoms with E-state index in [9.17, 15) is 4.79 Å². The second kappa shape index (κ2) is 9.67. The van der Waals surface area contributed by atoms with E-state index in [-0.39, 0.29) is 12.3 Å². The molecule has 0 aliphatic carbocycles. The normalized spacial score (nSPS) is 16.6. The molecule has 31 heavy (non-hydrogen) atoms. The van der Waals surface area contributed by atoms with Gasteiger partial charge >= 0.3 is 5.97 Å². The van der Waals surface area contributed by atoms with Gasteiger partial charge in [-0.2, -0.15) is 5.10 Å². The predicted octanol–water partition coefficient (Wildman–Crippen LogP) is 4.23. The van der Waals surface area contributed by atoms with Gasteiger partial charge < -0.3 is 14.6 Å². The number of ether oxygens (including phenoxy) is 2. The highest BCUT2D eigenvalue weighted by atomic mass is 16.5. The van der Waals surface area contributed by atoms with Crippen LogP contribution < -0.4 is 4.74 Å². The minimum atomic E-state index is -0.858. The lowest BCUT2D eigenvalue weighted by molar-refractivity contribution is -0.137. The Hall–Kier alpha value is -3.30. The van der Waals surface area contributed by atoms with E-state index in [4.69, 9.17) is 14.6 Å². The molecule has 1 aromatic heterocycles. The highest BCUT2D eigenvalue weighted by molar-refractivity contribution is 5.78. The summed E-state index contributed by atoms with van der Waals surface area (Å²) in [5, 5.41) is 14.8. The van der Waals surface area contributed by atoms with Gasteiger partial charge in [-0.3, -0.25) is 9.48 Å². The molecule has 0 spiro atoms. The first-order valence-corrected chi connectivity index (χ1v) is 10.5. The maximum absolute atomic E-state index is 11.1. The van der Waals surface area contributed by atoms with Crippen LogP contribution in [0.5, 0.6) is 5.75 Å². The molecule has 1 aliphatic rings. The van der Waals surface area contributed by atoms with Crippen molar-refractivity contribution in [3.8, 4) is 17.6 Å². The summed E-state index contributed by atoms with van der Waals surface area (Å²) in [4.78, 5) is 11.1. The van der Waals surface area contributed by atoms with Crippen LogP contribution in [0.2, 0.25) is 0 Å². The van der Waals surface area contributed by atoms with E-state index in [1.807, 2.05) is 41.1 Å². The summed E-state index contributed by atoms with van der Waals surface area (Å²) in [5.74, 6) is 5.88. The molecule has 4 rings (SSSR count). The van der Waals surface area contributed by atoms with Crippen molar-refractivity contribution in [1.29, 1.82) is 0 Å². The lowest BCUT2D eigenvalue weighted by atomic mass is 9.96. The van der Waals surface area contributed by atoms with Gasteiger partial charge in [0.1, 0.15) is 12.4 Å². The second-order valence-corrected chi connectivity index (χ2v) is 7.88. The third kappa shape index (κ3) is 5.44. The van der Waals surface area contributed by atoms with Crippen LogP contribution in [0.4, 0.5) is 0 Å². The quantitative estimate of drug-likeness (QED) is 0.554. The number of benzene rings is 2. The molecule has 6 nitrogen and oxygen atoms in total. The molecule has 1 aliphatic heterocycles. The van der Waals surface area contributed by atoms with Crippen LogP contribution in [0.15, 0.2) is 48.7 Å². The lowest BCUT2D eigenvalue weighted by Gasteiger charge is -2.11. The van der Waals surface area contributed by atoms with Gasteiger partial charge in [0.05, 0.1) is 24.5 Å². The van der Waals surface area contributed by atoms with Crippen molar-refractivity contribution < 1.29 is 19.4 Å². The molecule has 1 fully saturated rings. The molecule has 1 unspecified atom stereocenters. The molecule has 0 bridgehead atoms. The van der Waals surface area contributed by atoms with E-state index in [0.717, 1.165) is 54.0 Å². The maximum Gasteiger partial charge on any atom is 0.304 e. The van der Waals surface area contributed by atoms with Crippen molar-refractivity contribution in [1.82, 2.24) is 9.78 Å². The van der Waals surface area contributed by atoms with Gasteiger partial charge in [0.15, 0.2) is 0 Å². The third-order valence-electron chi connectivity index (χ3n) is 5.47. The fraction of sp³-hybridized carbons (Fsp3) is 0.360. The number of nitrogens with zero attached hydrogens (tertiary/aromatic N) is 2. The molecular weight excluding hydrogens is 392 g/mol. The standard InChI is InChI=1S/C25H26N2O4/c1-2-3-21(13-25(28)29)20-5-7-23(8-6-20)31-17-18-4-9-24-22(12-18)15-27(26-24)14-19-10-11-30-16-19/h4-9,12,15,19,21H,10-11,13-14,16-17H2,1H3,(H,28,29)/t19-,21?/m0/s1. The fourth-order valence-electron chi connectivity index (χ4n) is 3.87. The van der Waals surface area contributed by atoms with Crippen LogP contribution in [0.1, 0.15) is 36.8 Å². The highest BCUT2D eigenvalue weighted by Gasteiger charge is 2.17. The van der Waals surface area contributed by atoms with Gasteiger partial charge in [-0.15, -0.1) is 5.92 Å². The lowest BCUT2D eigenvalue weighted by Crippen LogP contribution is -2.10. The van der Waals surface area contributed by atoms with Crippen molar-refractivity contribution in [2.24, 2.45) is 5.92 Å². The first kappa shape index (κ1) is 21.0. The molecule has 6 heteroatoms. The molecule has 160 valence electrons. The van der Waals surface area contributed by atoms with E-state index in [0.29, 0.717) is 12.5 Å². The zero-order valence-electron chi connectivity index (χ0n) is 17.6. The first-order valence-electron chi connectivity index (χ1n) is 10.5. The minimum Gasteiger partial charge on any atom is -0.489 e. The molecular formula is C25H26N2O4.